The lowest BCUT2D eigenvalue weighted by molar-refractivity contribution is 0.252. The van der Waals surface area contributed by atoms with Crippen molar-refractivity contribution in [3.8, 4) is 6.07 Å². The van der Waals surface area contributed by atoms with Crippen molar-refractivity contribution >= 4 is 11.8 Å². The molecule has 0 N–H and O–H groups in total. The Balaban J connectivity index is 2.93. The minimum Gasteiger partial charge on any atom is -0.198 e. The van der Waals surface area contributed by atoms with Crippen molar-refractivity contribution < 1.29 is 8.78 Å². The van der Waals surface area contributed by atoms with Gasteiger partial charge in [0.1, 0.15) is 0 Å². The van der Waals surface area contributed by atoms with Crippen molar-refractivity contribution in [2.75, 3.05) is 0 Å². The first-order valence-corrected chi connectivity index (χ1v) is 5.87. The van der Waals surface area contributed by atoms with E-state index in [-0.39, 0.29) is 11.8 Å². The zero-order chi connectivity index (χ0) is 12.1. The summed E-state index contributed by atoms with van der Waals surface area (Å²) in [6.45, 7) is 3.89. The third-order valence-electron chi connectivity index (χ3n) is 2.25. The smallest absolute Gasteiger partial charge is 0.198 e. The Kier molecular flexibility index (Phi) is 4.75. The van der Waals surface area contributed by atoms with Gasteiger partial charge in [-0.05, 0) is 23.6 Å². The van der Waals surface area contributed by atoms with E-state index in [1.165, 1.54) is 0 Å². The van der Waals surface area contributed by atoms with Gasteiger partial charge in [-0.15, -0.1) is 0 Å². The molecule has 0 aliphatic heterocycles. The molecule has 1 aromatic rings. The zero-order valence-corrected chi connectivity index (χ0v) is 9.97. The van der Waals surface area contributed by atoms with Gasteiger partial charge in [0, 0.05) is 4.90 Å². The summed E-state index contributed by atoms with van der Waals surface area (Å²) in [6.07, 6.45) is 0. The van der Waals surface area contributed by atoms with Crippen molar-refractivity contribution in [3.63, 3.8) is 0 Å². The summed E-state index contributed by atoms with van der Waals surface area (Å²) in [5.74, 6) is -2.48. The number of alkyl halides is 2. The number of nitrogens with zero attached hydrogens (tertiary/aromatic N) is 1. The number of thioether (sulfide) groups is 1. The van der Waals surface area contributed by atoms with Gasteiger partial charge in [0.05, 0.1) is 12.0 Å². The van der Waals surface area contributed by atoms with Gasteiger partial charge in [0.15, 0.2) is 0 Å². The summed E-state index contributed by atoms with van der Waals surface area (Å²) < 4.78 is 24.4. The Hall–Kier alpha value is -1.08. The van der Waals surface area contributed by atoms with Crippen LogP contribution in [0.5, 0.6) is 0 Å². The summed E-state index contributed by atoms with van der Waals surface area (Å²) in [6, 6.07) is 9.03. The predicted molar refractivity (Wildman–Crippen MR) is 61.5 cm³/mol. The summed E-state index contributed by atoms with van der Waals surface area (Å²) in [5.41, 5.74) is 0.808. The van der Waals surface area contributed by atoms with Gasteiger partial charge in [-0.1, -0.05) is 37.7 Å². The topological polar surface area (TPSA) is 23.8 Å². The normalized spacial score (nSPS) is 12.8. The second-order valence-corrected chi connectivity index (χ2v) is 4.87. The fourth-order valence-electron chi connectivity index (χ4n) is 1.49. The van der Waals surface area contributed by atoms with Gasteiger partial charge in [-0.25, -0.2) is 0 Å². The number of benzene rings is 1. The molecule has 4 heteroatoms. The maximum atomic E-state index is 12.2. The van der Waals surface area contributed by atoms with E-state index in [0.29, 0.717) is 16.7 Å². The highest BCUT2D eigenvalue weighted by Gasteiger charge is 2.15. The second-order valence-electron chi connectivity index (χ2n) is 3.80. The minimum atomic E-state index is -2.42. The highest BCUT2D eigenvalue weighted by molar-refractivity contribution is 7.99. The third kappa shape index (κ3) is 3.49. The van der Waals surface area contributed by atoms with E-state index in [1.54, 1.807) is 18.2 Å². The van der Waals surface area contributed by atoms with Crippen molar-refractivity contribution in [2.24, 2.45) is 5.92 Å². The molecule has 1 aromatic carbocycles. The molecule has 0 bridgehead atoms. The van der Waals surface area contributed by atoms with E-state index in [1.807, 2.05) is 19.9 Å². The molecule has 0 aromatic heterocycles. The van der Waals surface area contributed by atoms with Crippen LogP contribution in [0.2, 0.25) is 0 Å². The monoisotopic (exact) mass is 241 g/mol. The van der Waals surface area contributed by atoms with Crippen LogP contribution in [0.1, 0.15) is 25.3 Å². The maximum Gasteiger partial charge on any atom is 0.288 e. The van der Waals surface area contributed by atoms with E-state index < -0.39 is 5.76 Å². The summed E-state index contributed by atoms with van der Waals surface area (Å²) in [7, 11) is 0. The SMILES string of the molecule is CC(C)C(C#N)c1cccc(SC(F)F)c1. The van der Waals surface area contributed by atoms with Gasteiger partial charge >= 0.3 is 0 Å². The molecule has 86 valence electrons. The van der Waals surface area contributed by atoms with Crippen molar-refractivity contribution in [2.45, 2.75) is 30.4 Å². The van der Waals surface area contributed by atoms with Crippen LogP contribution in [0.4, 0.5) is 8.78 Å². The molecule has 0 saturated carbocycles. The Morgan fingerprint density at radius 1 is 1.31 bits per heavy atom. The average molecular weight is 241 g/mol. The molecule has 0 amide bonds. The Bertz CT molecular complexity index is 385. The van der Waals surface area contributed by atoms with Crippen molar-refractivity contribution in [3.05, 3.63) is 29.8 Å². The van der Waals surface area contributed by atoms with Gasteiger partial charge < -0.3 is 0 Å². The van der Waals surface area contributed by atoms with Crippen LogP contribution in [-0.2, 0) is 0 Å². The lowest BCUT2D eigenvalue weighted by Crippen LogP contribution is -2.04. The van der Waals surface area contributed by atoms with Crippen LogP contribution in [0.15, 0.2) is 29.2 Å². The first-order chi connectivity index (χ1) is 7.54. The van der Waals surface area contributed by atoms with Crippen LogP contribution < -0.4 is 0 Å². The third-order valence-corrected chi connectivity index (χ3v) is 2.95. The highest BCUT2D eigenvalue weighted by atomic mass is 32.2. The first-order valence-electron chi connectivity index (χ1n) is 4.99. The molecule has 0 aliphatic carbocycles. The number of halogens is 2. The van der Waals surface area contributed by atoms with E-state index in [4.69, 9.17) is 5.26 Å². The van der Waals surface area contributed by atoms with Crippen LogP contribution in [0, 0.1) is 17.2 Å². The minimum absolute atomic E-state index is 0.178. The predicted octanol–water partition coefficient (Wildman–Crippen LogP) is 4.26. The average Bonchev–Trinajstić information content (AvgIpc) is 2.17. The van der Waals surface area contributed by atoms with Gasteiger partial charge in [0.2, 0.25) is 0 Å². The standard InChI is InChI=1S/C12H13F2NS/c1-8(2)11(7-15)9-4-3-5-10(6-9)16-12(13)14/h3-6,8,11-12H,1-2H3. The molecule has 1 unspecified atom stereocenters. The molecule has 1 atom stereocenters. The fraction of sp³-hybridized carbons (Fsp3) is 0.417. The number of nitriles is 1. The van der Waals surface area contributed by atoms with Crippen LogP contribution in [-0.4, -0.2) is 5.76 Å². The Morgan fingerprint density at radius 3 is 2.50 bits per heavy atom. The molecule has 0 fully saturated rings. The number of rotatable bonds is 4. The zero-order valence-electron chi connectivity index (χ0n) is 9.15. The molecule has 16 heavy (non-hydrogen) atoms. The molecule has 0 saturated heterocycles. The van der Waals surface area contributed by atoms with Crippen LogP contribution in [0.3, 0.4) is 0 Å². The molecule has 0 radical (unpaired) electrons. The summed E-state index contributed by atoms with van der Waals surface area (Å²) in [5, 5.41) is 9.02. The van der Waals surface area contributed by atoms with Gasteiger partial charge in [-0.3, -0.25) is 0 Å². The lowest BCUT2D eigenvalue weighted by Gasteiger charge is -2.14. The van der Waals surface area contributed by atoms with Crippen LogP contribution in [0.25, 0.3) is 0 Å². The van der Waals surface area contributed by atoms with Gasteiger partial charge in [-0.2, -0.15) is 14.0 Å². The van der Waals surface area contributed by atoms with E-state index in [2.05, 4.69) is 6.07 Å². The molecule has 1 nitrogen and oxygen atoms in total. The molecular weight excluding hydrogens is 228 g/mol. The van der Waals surface area contributed by atoms with Crippen LogP contribution >= 0.6 is 11.8 Å². The quantitative estimate of drug-likeness (QED) is 0.735. The molecule has 1 rings (SSSR count). The number of hydrogen-bond acceptors (Lipinski definition) is 2. The molecule has 0 spiro atoms. The Morgan fingerprint density at radius 2 is 2.00 bits per heavy atom. The van der Waals surface area contributed by atoms with E-state index >= 15 is 0 Å². The molecule has 0 heterocycles. The van der Waals surface area contributed by atoms with E-state index in [0.717, 1.165) is 5.56 Å². The fourth-order valence-corrected chi connectivity index (χ4v) is 2.06. The lowest BCUT2D eigenvalue weighted by atomic mass is 9.90. The molecular formula is C12H13F2NS. The molecule has 0 aliphatic rings. The van der Waals surface area contributed by atoms with Gasteiger partial charge in [0.25, 0.3) is 5.76 Å². The van der Waals surface area contributed by atoms with E-state index in [9.17, 15) is 8.78 Å². The summed E-state index contributed by atoms with van der Waals surface area (Å²) >= 11 is 0.509. The van der Waals surface area contributed by atoms with Crippen molar-refractivity contribution in [1.82, 2.24) is 0 Å². The first kappa shape index (κ1) is 13.0. The second kappa shape index (κ2) is 5.86. The number of hydrogen-bond donors (Lipinski definition) is 0. The summed E-state index contributed by atoms with van der Waals surface area (Å²) in [4.78, 5) is 0.508. The Labute approximate surface area is 98.5 Å². The largest absolute Gasteiger partial charge is 0.288 e. The highest BCUT2D eigenvalue weighted by Crippen LogP contribution is 2.30. The van der Waals surface area contributed by atoms with Crippen molar-refractivity contribution in [1.29, 1.82) is 5.26 Å². The maximum absolute atomic E-state index is 12.2.